The van der Waals surface area contributed by atoms with Crippen LogP contribution in [0.4, 0.5) is 5.00 Å². The van der Waals surface area contributed by atoms with Gasteiger partial charge in [-0.1, -0.05) is 0 Å². The Kier molecular flexibility index (Phi) is 5.83. The summed E-state index contributed by atoms with van der Waals surface area (Å²) in [5, 5.41) is 5.51. The first-order valence-electron chi connectivity index (χ1n) is 7.63. The lowest BCUT2D eigenvalue weighted by Gasteiger charge is -2.11. The van der Waals surface area contributed by atoms with E-state index in [0.717, 1.165) is 4.88 Å². The number of sulfone groups is 1. The maximum absolute atomic E-state index is 12.3. The van der Waals surface area contributed by atoms with E-state index in [2.05, 4.69) is 10.6 Å². The quantitative estimate of drug-likeness (QED) is 0.720. The molecule has 2 heterocycles. The summed E-state index contributed by atoms with van der Waals surface area (Å²) in [4.78, 5) is 36.2. The molecule has 1 atom stereocenters. The Morgan fingerprint density at radius 3 is 2.52 bits per heavy atom. The van der Waals surface area contributed by atoms with Crippen LogP contribution in [0.15, 0.2) is 0 Å². The molecule has 0 radical (unpaired) electrons. The fraction of sp³-hybridized carbons (Fsp3) is 0.533. The Morgan fingerprint density at radius 1 is 1.28 bits per heavy atom. The first-order valence-corrected chi connectivity index (χ1v) is 10.3. The third kappa shape index (κ3) is 5.02. The van der Waals surface area contributed by atoms with Gasteiger partial charge in [0.2, 0.25) is 5.91 Å². The standard InChI is InChI=1S/C15H20N2O6S2/c1-8-9(2)24-14(16-10(3)18)13(8)15(20)23-6-12(19)17-11-4-5-25(21,22)7-11/h11H,4-7H2,1-3H3,(H,16,18)(H,17,19). The maximum atomic E-state index is 12.3. The second kappa shape index (κ2) is 7.52. The van der Waals surface area contributed by atoms with E-state index < -0.39 is 34.4 Å². The molecule has 1 aromatic heterocycles. The van der Waals surface area contributed by atoms with Crippen LogP contribution in [0.2, 0.25) is 0 Å². The molecule has 0 aromatic carbocycles. The summed E-state index contributed by atoms with van der Waals surface area (Å²) in [6, 6.07) is -0.448. The van der Waals surface area contributed by atoms with Gasteiger partial charge in [0.15, 0.2) is 16.4 Å². The molecule has 1 aromatic rings. The second-order valence-corrected chi connectivity index (χ2v) is 9.37. The van der Waals surface area contributed by atoms with Gasteiger partial charge in [-0.15, -0.1) is 11.3 Å². The van der Waals surface area contributed by atoms with Crippen molar-refractivity contribution in [2.24, 2.45) is 0 Å². The van der Waals surface area contributed by atoms with Crippen LogP contribution in [-0.2, 0) is 24.2 Å². The van der Waals surface area contributed by atoms with Crippen molar-refractivity contribution in [2.45, 2.75) is 33.2 Å². The summed E-state index contributed by atoms with van der Waals surface area (Å²) >= 11 is 1.26. The fourth-order valence-corrected chi connectivity index (χ4v) is 5.27. The Bertz CT molecular complexity index is 812. The number of esters is 1. The highest BCUT2D eigenvalue weighted by molar-refractivity contribution is 7.91. The summed E-state index contributed by atoms with van der Waals surface area (Å²) in [5.74, 6) is -1.62. The third-order valence-corrected chi connectivity index (χ3v) is 6.70. The van der Waals surface area contributed by atoms with Gasteiger partial charge in [-0.05, 0) is 25.8 Å². The predicted molar refractivity (Wildman–Crippen MR) is 93.6 cm³/mol. The van der Waals surface area contributed by atoms with Gasteiger partial charge in [-0.2, -0.15) is 0 Å². The van der Waals surface area contributed by atoms with Crippen LogP contribution < -0.4 is 10.6 Å². The molecule has 0 aliphatic carbocycles. The number of anilines is 1. The van der Waals surface area contributed by atoms with Gasteiger partial charge < -0.3 is 15.4 Å². The predicted octanol–water partition coefficient (Wildman–Crippen LogP) is 0.783. The lowest BCUT2D eigenvalue weighted by atomic mass is 10.1. The monoisotopic (exact) mass is 388 g/mol. The highest BCUT2D eigenvalue weighted by Crippen LogP contribution is 2.32. The number of hydrogen-bond acceptors (Lipinski definition) is 7. The van der Waals surface area contributed by atoms with Crippen LogP contribution in [0.1, 0.15) is 34.1 Å². The highest BCUT2D eigenvalue weighted by Gasteiger charge is 2.29. The van der Waals surface area contributed by atoms with Crippen LogP contribution in [0.25, 0.3) is 0 Å². The van der Waals surface area contributed by atoms with Crippen LogP contribution in [0.5, 0.6) is 0 Å². The number of carbonyl (C=O) groups is 3. The minimum absolute atomic E-state index is 0.0468. The Labute approximate surface area is 149 Å². The number of aryl methyl sites for hydroxylation is 1. The number of nitrogens with one attached hydrogen (secondary N) is 2. The molecule has 0 spiro atoms. The van der Waals surface area contributed by atoms with Gasteiger partial charge in [0.05, 0.1) is 17.1 Å². The van der Waals surface area contributed by atoms with E-state index in [9.17, 15) is 22.8 Å². The molecule has 2 amide bonds. The third-order valence-electron chi connectivity index (χ3n) is 3.81. The SMILES string of the molecule is CC(=O)Nc1sc(C)c(C)c1C(=O)OCC(=O)NC1CCS(=O)(=O)C1. The number of ether oxygens (including phenoxy) is 1. The lowest BCUT2D eigenvalue weighted by molar-refractivity contribution is -0.124. The van der Waals surface area contributed by atoms with Gasteiger partial charge >= 0.3 is 5.97 Å². The van der Waals surface area contributed by atoms with E-state index in [4.69, 9.17) is 4.74 Å². The maximum Gasteiger partial charge on any atom is 0.341 e. The fourth-order valence-electron chi connectivity index (χ4n) is 2.50. The number of rotatable bonds is 5. The van der Waals surface area contributed by atoms with Crippen molar-refractivity contribution in [2.75, 3.05) is 23.4 Å². The van der Waals surface area contributed by atoms with Crippen molar-refractivity contribution >= 4 is 44.0 Å². The molecule has 1 saturated heterocycles. The zero-order valence-electron chi connectivity index (χ0n) is 14.2. The molecule has 138 valence electrons. The average Bonchev–Trinajstić information content (AvgIpc) is 2.95. The second-order valence-electron chi connectivity index (χ2n) is 5.91. The van der Waals surface area contributed by atoms with Crippen LogP contribution >= 0.6 is 11.3 Å². The van der Waals surface area contributed by atoms with E-state index in [1.807, 2.05) is 6.92 Å². The molecule has 1 aliphatic heterocycles. The summed E-state index contributed by atoms with van der Waals surface area (Å²) in [6.07, 6.45) is 0.359. The molecule has 2 rings (SSSR count). The molecule has 1 aliphatic rings. The molecule has 1 unspecified atom stereocenters. The molecule has 8 nitrogen and oxygen atoms in total. The number of thiophene rings is 1. The number of hydrogen-bond donors (Lipinski definition) is 2. The Balaban J connectivity index is 1.96. The van der Waals surface area contributed by atoms with Crippen molar-refractivity contribution in [1.82, 2.24) is 5.32 Å². The van der Waals surface area contributed by atoms with Crippen molar-refractivity contribution in [3.63, 3.8) is 0 Å². The van der Waals surface area contributed by atoms with Crippen molar-refractivity contribution in [3.05, 3.63) is 16.0 Å². The molecule has 0 saturated carbocycles. The summed E-state index contributed by atoms with van der Waals surface area (Å²) in [7, 11) is -3.10. The topological polar surface area (TPSA) is 119 Å². The Hall–Kier alpha value is -1.94. The first-order chi connectivity index (χ1) is 11.6. The zero-order valence-corrected chi connectivity index (χ0v) is 15.8. The molecule has 25 heavy (non-hydrogen) atoms. The van der Waals surface area contributed by atoms with Gasteiger partial charge in [0.1, 0.15) is 5.00 Å². The molecular weight excluding hydrogens is 368 g/mol. The Morgan fingerprint density at radius 2 is 1.96 bits per heavy atom. The van der Waals surface area contributed by atoms with E-state index in [-0.39, 0.29) is 23.0 Å². The van der Waals surface area contributed by atoms with Crippen molar-refractivity contribution in [1.29, 1.82) is 0 Å². The van der Waals surface area contributed by atoms with Crippen LogP contribution in [0, 0.1) is 13.8 Å². The summed E-state index contributed by atoms with van der Waals surface area (Å²) in [6.45, 7) is 4.37. The van der Waals surface area contributed by atoms with E-state index in [1.165, 1.54) is 18.3 Å². The van der Waals surface area contributed by atoms with Crippen molar-refractivity contribution < 1.29 is 27.5 Å². The highest BCUT2D eigenvalue weighted by atomic mass is 32.2. The average molecular weight is 388 g/mol. The minimum Gasteiger partial charge on any atom is -0.452 e. The molecule has 2 N–H and O–H groups in total. The molecular formula is C15H20N2O6S2. The normalized spacial score (nSPS) is 18.6. The molecule has 1 fully saturated rings. The lowest BCUT2D eigenvalue weighted by Crippen LogP contribution is -2.38. The number of amides is 2. The summed E-state index contributed by atoms with van der Waals surface area (Å²) < 4.78 is 27.8. The summed E-state index contributed by atoms with van der Waals surface area (Å²) in [5.41, 5.74) is 0.912. The van der Waals surface area contributed by atoms with Gasteiger partial charge in [0.25, 0.3) is 5.91 Å². The zero-order chi connectivity index (χ0) is 18.8. The largest absolute Gasteiger partial charge is 0.452 e. The van der Waals surface area contributed by atoms with Gasteiger partial charge in [-0.25, -0.2) is 13.2 Å². The van der Waals surface area contributed by atoms with Gasteiger partial charge in [0, 0.05) is 17.8 Å². The van der Waals surface area contributed by atoms with Crippen molar-refractivity contribution in [3.8, 4) is 0 Å². The van der Waals surface area contributed by atoms with Crippen LogP contribution in [0.3, 0.4) is 0 Å². The van der Waals surface area contributed by atoms with E-state index >= 15 is 0 Å². The van der Waals surface area contributed by atoms with Gasteiger partial charge in [-0.3, -0.25) is 9.59 Å². The first kappa shape index (κ1) is 19.4. The van der Waals surface area contributed by atoms with Crippen LogP contribution in [-0.4, -0.2) is 50.4 Å². The van der Waals surface area contributed by atoms with E-state index in [0.29, 0.717) is 17.0 Å². The molecule has 10 heteroatoms. The molecule has 0 bridgehead atoms. The van der Waals surface area contributed by atoms with E-state index in [1.54, 1.807) is 6.92 Å². The smallest absolute Gasteiger partial charge is 0.341 e. The minimum atomic E-state index is -3.10. The number of carbonyl (C=O) groups excluding carboxylic acids is 3.